The minimum absolute atomic E-state index is 0.116. The Balaban J connectivity index is 2.08. The van der Waals surface area contributed by atoms with Crippen LogP contribution in [0, 0.1) is 6.92 Å². The molecule has 134 valence electrons. The minimum Gasteiger partial charge on any atom is -0.377 e. The van der Waals surface area contributed by atoms with Gasteiger partial charge in [0.1, 0.15) is 0 Å². The van der Waals surface area contributed by atoms with E-state index in [1.165, 1.54) is 11.3 Å². The number of nitrogens with two attached hydrogens (primary N) is 1. The van der Waals surface area contributed by atoms with Gasteiger partial charge >= 0.3 is 0 Å². The highest BCUT2D eigenvalue weighted by Gasteiger charge is 2.11. The number of hydrogen-bond donors (Lipinski definition) is 1. The van der Waals surface area contributed by atoms with Crippen molar-refractivity contribution >= 4 is 15.7 Å². The molecule has 0 heterocycles. The van der Waals surface area contributed by atoms with Crippen LogP contribution in [0.2, 0.25) is 0 Å². The number of hydrogen-bond acceptors (Lipinski definition) is 3. The maximum atomic E-state index is 11.5. The topological polar surface area (TPSA) is 63.4 Å². The van der Waals surface area contributed by atoms with Crippen LogP contribution in [0.4, 0.5) is 5.69 Å². The van der Waals surface area contributed by atoms with Gasteiger partial charge < -0.3 is 4.90 Å². The summed E-state index contributed by atoms with van der Waals surface area (Å²) in [4.78, 5) is 2.21. The summed E-state index contributed by atoms with van der Waals surface area (Å²) < 4.78 is 22.9. The van der Waals surface area contributed by atoms with Crippen LogP contribution < -0.4 is 10.0 Å². The van der Waals surface area contributed by atoms with E-state index in [1.807, 2.05) is 32.3 Å². The van der Waals surface area contributed by atoms with Gasteiger partial charge in [-0.1, -0.05) is 42.5 Å². The third-order valence-corrected chi connectivity index (χ3v) is 5.34. The van der Waals surface area contributed by atoms with Crippen molar-refractivity contribution in [2.24, 2.45) is 5.14 Å². The van der Waals surface area contributed by atoms with E-state index in [4.69, 9.17) is 5.14 Å². The van der Waals surface area contributed by atoms with Gasteiger partial charge in [-0.2, -0.15) is 0 Å². The number of aryl methyl sites for hydroxylation is 1. The standard InChI is InChI=1S/C21H22N2O2S/c1-15-14-17(10-13-21(15)23(2)3)20-7-5-4-6-19(20)16-8-11-18(12-9-16)26(22,24)25/h4-14H,1-3H3,(H2,22,24,25). The molecular formula is C21H22N2O2S. The predicted octanol–water partition coefficient (Wildman–Crippen LogP) is 4.04. The molecule has 3 rings (SSSR count). The fourth-order valence-corrected chi connectivity index (χ4v) is 3.65. The lowest BCUT2D eigenvalue weighted by Crippen LogP contribution is -2.11. The Morgan fingerprint density at radius 2 is 1.35 bits per heavy atom. The number of benzene rings is 3. The van der Waals surface area contributed by atoms with Gasteiger partial charge in [-0.15, -0.1) is 0 Å². The van der Waals surface area contributed by atoms with Crippen LogP contribution in [0.15, 0.2) is 71.6 Å². The molecule has 3 aromatic rings. The van der Waals surface area contributed by atoms with Crippen molar-refractivity contribution in [3.05, 3.63) is 72.3 Å². The molecule has 2 N–H and O–H groups in total. The van der Waals surface area contributed by atoms with Crippen molar-refractivity contribution in [3.63, 3.8) is 0 Å². The number of sulfonamides is 1. The fourth-order valence-electron chi connectivity index (χ4n) is 3.14. The molecule has 5 heteroatoms. The summed E-state index contributed by atoms with van der Waals surface area (Å²) in [6.07, 6.45) is 0. The second-order valence-electron chi connectivity index (χ2n) is 6.51. The molecule has 0 bridgehead atoms. The van der Waals surface area contributed by atoms with E-state index in [9.17, 15) is 8.42 Å². The first-order valence-electron chi connectivity index (χ1n) is 8.28. The lowest BCUT2D eigenvalue weighted by molar-refractivity contribution is 0.598. The Labute approximate surface area is 155 Å². The molecule has 0 radical (unpaired) electrons. The summed E-state index contributed by atoms with van der Waals surface area (Å²) in [6.45, 7) is 2.10. The molecule has 0 fully saturated rings. The highest BCUT2D eigenvalue weighted by atomic mass is 32.2. The van der Waals surface area contributed by atoms with Crippen molar-refractivity contribution in [2.75, 3.05) is 19.0 Å². The second-order valence-corrected chi connectivity index (χ2v) is 8.07. The summed E-state index contributed by atoms with van der Waals surface area (Å²) in [5, 5.41) is 5.19. The van der Waals surface area contributed by atoms with E-state index in [0.29, 0.717) is 0 Å². The molecule has 0 atom stereocenters. The van der Waals surface area contributed by atoms with E-state index in [-0.39, 0.29) is 4.90 Å². The molecule has 0 aliphatic carbocycles. The Hall–Kier alpha value is -2.63. The van der Waals surface area contributed by atoms with Gasteiger partial charge in [0.15, 0.2) is 0 Å². The maximum absolute atomic E-state index is 11.5. The van der Waals surface area contributed by atoms with Gasteiger partial charge in [0.05, 0.1) is 4.90 Å². The van der Waals surface area contributed by atoms with E-state index in [2.05, 4.69) is 36.1 Å². The van der Waals surface area contributed by atoms with Crippen molar-refractivity contribution in [1.82, 2.24) is 0 Å². The molecule has 0 aromatic heterocycles. The van der Waals surface area contributed by atoms with Crippen molar-refractivity contribution in [3.8, 4) is 22.3 Å². The van der Waals surface area contributed by atoms with Gasteiger partial charge in [0.25, 0.3) is 0 Å². The minimum atomic E-state index is -3.69. The lowest BCUT2D eigenvalue weighted by atomic mass is 9.93. The average Bonchev–Trinajstić information content (AvgIpc) is 2.60. The van der Waals surface area contributed by atoms with Gasteiger partial charge in [0.2, 0.25) is 10.0 Å². The molecule has 0 amide bonds. The molecule has 0 aliphatic heterocycles. The van der Waals surface area contributed by atoms with Gasteiger partial charge in [0, 0.05) is 19.8 Å². The molecule has 0 saturated carbocycles. The fraction of sp³-hybridized carbons (Fsp3) is 0.143. The summed E-state index contributed by atoms with van der Waals surface area (Å²) in [7, 11) is 0.374. The number of rotatable bonds is 4. The molecule has 26 heavy (non-hydrogen) atoms. The van der Waals surface area contributed by atoms with Crippen molar-refractivity contribution in [1.29, 1.82) is 0 Å². The average molecular weight is 366 g/mol. The third kappa shape index (κ3) is 3.64. The summed E-state index contributed by atoms with van der Waals surface area (Å²) in [6, 6.07) is 21.2. The van der Waals surface area contributed by atoms with Crippen LogP contribution in [-0.2, 0) is 10.0 Å². The second kappa shape index (κ2) is 6.94. The Kier molecular flexibility index (Phi) is 4.85. The first-order valence-corrected chi connectivity index (χ1v) is 9.82. The maximum Gasteiger partial charge on any atom is 0.238 e. The van der Waals surface area contributed by atoms with Crippen LogP contribution >= 0.6 is 0 Å². The Morgan fingerprint density at radius 1 is 0.808 bits per heavy atom. The number of primary sulfonamides is 1. The van der Waals surface area contributed by atoms with Crippen molar-refractivity contribution in [2.45, 2.75) is 11.8 Å². The zero-order valence-electron chi connectivity index (χ0n) is 15.1. The molecule has 4 nitrogen and oxygen atoms in total. The molecule has 0 saturated heterocycles. The highest BCUT2D eigenvalue weighted by Crippen LogP contribution is 2.34. The normalized spacial score (nSPS) is 11.4. The van der Waals surface area contributed by atoms with Gasteiger partial charge in [-0.3, -0.25) is 0 Å². The molecule has 0 aliphatic rings. The highest BCUT2D eigenvalue weighted by molar-refractivity contribution is 7.89. The largest absolute Gasteiger partial charge is 0.377 e. The lowest BCUT2D eigenvalue weighted by Gasteiger charge is -2.17. The first-order chi connectivity index (χ1) is 12.3. The van der Waals surface area contributed by atoms with Crippen LogP contribution in [0.25, 0.3) is 22.3 Å². The Morgan fingerprint density at radius 3 is 1.85 bits per heavy atom. The molecular weight excluding hydrogens is 344 g/mol. The van der Waals surface area contributed by atoms with Crippen LogP contribution in [0.1, 0.15) is 5.56 Å². The first kappa shape index (κ1) is 18.2. The number of anilines is 1. The quantitative estimate of drug-likeness (QED) is 0.758. The summed E-state index contributed by atoms with van der Waals surface area (Å²) >= 11 is 0. The molecule has 0 spiro atoms. The van der Waals surface area contributed by atoms with Gasteiger partial charge in [-0.25, -0.2) is 13.6 Å². The van der Waals surface area contributed by atoms with Gasteiger partial charge in [-0.05, 0) is 59.0 Å². The van der Waals surface area contributed by atoms with E-state index in [1.54, 1.807) is 24.3 Å². The van der Waals surface area contributed by atoms with Crippen LogP contribution in [-0.4, -0.2) is 22.5 Å². The molecule has 0 unspecified atom stereocenters. The zero-order valence-corrected chi connectivity index (χ0v) is 15.9. The number of nitrogens with zero attached hydrogens (tertiary/aromatic N) is 1. The molecule has 3 aromatic carbocycles. The van der Waals surface area contributed by atoms with Crippen LogP contribution in [0.3, 0.4) is 0 Å². The van der Waals surface area contributed by atoms with Crippen LogP contribution in [0.5, 0.6) is 0 Å². The Bertz CT molecular complexity index is 1040. The van der Waals surface area contributed by atoms with Crippen molar-refractivity contribution < 1.29 is 8.42 Å². The monoisotopic (exact) mass is 366 g/mol. The summed E-state index contributed by atoms with van der Waals surface area (Å²) in [5.41, 5.74) is 6.60. The zero-order chi connectivity index (χ0) is 18.9. The van der Waals surface area contributed by atoms with E-state index >= 15 is 0 Å². The van der Waals surface area contributed by atoms with E-state index in [0.717, 1.165) is 22.3 Å². The smallest absolute Gasteiger partial charge is 0.238 e. The predicted molar refractivity (Wildman–Crippen MR) is 108 cm³/mol. The third-order valence-electron chi connectivity index (χ3n) is 4.41. The SMILES string of the molecule is Cc1cc(-c2ccccc2-c2ccc(S(N)(=O)=O)cc2)ccc1N(C)C. The summed E-state index contributed by atoms with van der Waals surface area (Å²) in [5.74, 6) is 0. The van der Waals surface area contributed by atoms with E-state index < -0.39 is 10.0 Å².